The summed E-state index contributed by atoms with van der Waals surface area (Å²) in [6.07, 6.45) is 0.975. The summed E-state index contributed by atoms with van der Waals surface area (Å²) < 4.78 is 5.63. The van der Waals surface area contributed by atoms with Gasteiger partial charge in [0, 0.05) is 0 Å². The standard InChI is InChI=1S/C13H18BNO3/c1-4-13(2,3)9-18-12-6-5-11(14(16)17)7-10(12)8-15/h5-7,16-17H,4,9H2,1-3H3. The summed E-state index contributed by atoms with van der Waals surface area (Å²) in [6, 6.07) is 6.57. The van der Waals surface area contributed by atoms with E-state index in [9.17, 15) is 0 Å². The maximum atomic E-state index is 9.04. The molecule has 18 heavy (non-hydrogen) atoms. The molecular formula is C13H18BNO3. The molecule has 0 spiro atoms. The van der Waals surface area contributed by atoms with Crippen LogP contribution in [0.1, 0.15) is 32.8 Å². The fraction of sp³-hybridized carbons (Fsp3) is 0.462. The molecule has 1 aromatic carbocycles. The molecule has 0 amide bonds. The molecule has 0 heterocycles. The lowest BCUT2D eigenvalue weighted by molar-refractivity contribution is 0.175. The Morgan fingerprint density at radius 3 is 2.56 bits per heavy atom. The number of hydrogen-bond acceptors (Lipinski definition) is 4. The van der Waals surface area contributed by atoms with Gasteiger partial charge in [0.2, 0.25) is 0 Å². The van der Waals surface area contributed by atoms with Gasteiger partial charge in [-0.3, -0.25) is 0 Å². The van der Waals surface area contributed by atoms with E-state index in [1.165, 1.54) is 6.07 Å². The van der Waals surface area contributed by atoms with Crippen LogP contribution >= 0.6 is 0 Å². The molecule has 0 fully saturated rings. The van der Waals surface area contributed by atoms with E-state index < -0.39 is 7.12 Å². The largest absolute Gasteiger partial charge is 0.492 e. The molecule has 0 bridgehead atoms. The highest BCUT2D eigenvalue weighted by Crippen LogP contribution is 2.23. The smallest absolute Gasteiger partial charge is 0.488 e. The number of nitriles is 1. The third-order valence-electron chi connectivity index (χ3n) is 3.00. The number of rotatable bonds is 5. The van der Waals surface area contributed by atoms with Crippen LogP contribution in [-0.2, 0) is 0 Å². The Balaban J connectivity index is 2.88. The van der Waals surface area contributed by atoms with Crippen LogP contribution in [0.15, 0.2) is 18.2 Å². The minimum Gasteiger partial charge on any atom is -0.492 e. The van der Waals surface area contributed by atoms with E-state index >= 15 is 0 Å². The fourth-order valence-corrected chi connectivity index (χ4v) is 1.30. The molecule has 0 aliphatic rings. The van der Waals surface area contributed by atoms with E-state index in [2.05, 4.69) is 20.8 Å². The summed E-state index contributed by atoms with van der Waals surface area (Å²) in [5.41, 5.74) is 0.642. The molecule has 0 saturated carbocycles. The van der Waals surface area contributed by atoms with Gasteiger partial charge >= 0.3 is 7.12 Å². The SMILES string of the molecule is CCC(C)(C)COc1ccc(B(O)O)cc1C#N. The van der Waals surface area contributed by atoms with Gasteiger partial charge in [-0.2, -0.15) is 5.26 Å². The van der Waals surface area contributed by atoms with E-state index in [1.54, 1.807) is 12.1 Å². The predicted molar refractivity (Wildman–Crippen MR) is 70.5 cm³/mol. The van der Waals surface area contributed by atoms with Crippen molar-refractivity contribution in [3.8, 4) is 11.8 Å². The van der Waals surface area contributed by atoms with Crippen molar-refractivity contribution in [2.24, 2.45) is 5.41 Å². The second-order valence-corrected chi connectivity index (χ2v) is 5.05. The molecule has 96 valence electrons. The van der Waals surface area contributed by atoms with Crippen molar-refractivity contribution in [1.82, 2.24) is 0 Å². The normalized spacial score (nSPS) is 10.9. The molecule has 4 nitrogen and oxygen atoms in total. The van der Waals surface area contributed by atoms with Crippen LogP contribution in [0.25, 0.3) is 0 Å². The topological polar surface area (TPSA) is 73.5 Å². The van der Waals surface area contributed by atoms with Crippen molar-refractivity contribution < 1.29 is 14.8 Å². The van der Waals surface area contributed by atoms with Crippen LogP contribution in [-0.4, -0.2) is 23.8 Å². The Bertz CT molecular complexity index is 452. The van der Waals surface area contributed by atoms with Gasteiger partial charge in [0.1, 0.15) is 11.8 Å². The van der Waals surface area contributed by atoms with Crippen molar-refractivity contribution in [3.63, 3.8) is 0 Å². The Morgan fingerprint density at radius 1 is 1.39 bits per heavy atom. The Morgan fingerprint density at radius 2 is 2.06 bits per heavy atom. The zero-order chi connectivity index (χ0) is 13.8. The monoisotopic (exact) mass is 247 g/mol. The van der Waals surface area contributed by atoms with Gasteiger partial charge < -0.3 is 14.8 Å². The minimum atomic E-state index is -1.57. The van der Waals surface area contributed by atoms with Crippen LogP contribution in [0.2, 0.25) is 0 Å². The molecule has 0 aliphatic carbocycles. The number of nitrogens with zero attached hydrogens (tertiary/aromatic N) is 1. The summed E-state index contributed by atoms with van der Waals surface area (Å²) in [5, 5.41) is 27.1. The highest BCUT2D eigenvalue weighted by atomic mass is 16.5. The average Bonchev–Trinajstić information content (AvgIpc) is 2.36. The fourth-order valence-electron chi connectivity index (χ4n) is 1.30. The second kappa shape index (κ2) is 5.90. The van der Waals surface area contributed by atoms with Crippen molar-refractivity contribution in [3.05, 3.63) is 23.8 Å². The van der Waals surface area contributed by atoms with Crippen molar-refractivity contribution in [2.75, 3.05) is 6.61 Å². The zero-order valence-corrected chi connectivity index (χ0v) is 11.0. The number of benzene rings is 1. The van der Waals surface area contributed by atoms with Crippen LogP contribution in [0, 0.1) is 16.7 Å². The van der Waals surface area contributed by atoms with Gasteiger partial charge in [0.15, 0.2) is 0 Å². The summed E-state index contributed by atoms with van der Waals surface area (Å²) in [6.45, 7) is 6.77. The van der Waals surface area contributed by atoms with Crippen LogP contribution in [0.4, 0.5) is 0 Å². The van der Waals surface area contributed by atoms with Gasteiger partial charge in [-0.05, 0) is 29.4 Å². The number of ether oxygens (including phenoxy) is 1. The van der Waals surface area contributed by atoms with Gasteiger partial charge in [-0.15, -0.1) is 0 Å². The lowest BCUT2D eigenvalue weighted by Crippen LogP contribution is -2.30. The van der Waals surface area contributed by atoms with Gasteiger partial charge in [0.05, 0.1) is 12.2 Å². The Kier molecular flexibility index (Phi) is 4.77. The molecule has 0 unspecified atom stereocenters. The summed E-state index contributed by atoms with van der Waals surface area (Å²) >= 11 is 0. The Hall–Kier alpha value is -1.51. The first-order valence-corrected chi connectivity index (χ1v) is 5.92. The first-order chi connectivity index (χ1) is 8.39. The molecule has 0 saturated heterocycles. The first-order valence-electron chi connectivity index (χ1n) is 5.92. The van der Waals surface area contributed by atoms with E-state index in [-0.39, 0.29) is 10.9 Å². The summed E-state index contributed by atoms with van der Waals surface area (Å²) in [4.78, 5) is 0. The molecule has 1 rings (SSSR count). The molecule has 0 atom stereocenters. The second-order valence-electron chi connectivity index (χ2n) is 5.05. The van der Waals surface area contributed by atoms with Gasteiger partial charge in [0.25, 0.3) is 0 Å². The molecule has 1 aromatic rings. The van der Waals surface area contributed by atoms with Crippen LogP contribution < -0.4 is 10.2 Å². The van der Waals surface area contributed by atoms with Crippen molar-refractivity contribution >= 4 is 12.6 Å². The van der Waals surface area contributed by atoms with E-state index in [0.717, 1.165) is 6.42 Å². The molecule has 5 heteroatoms. The highest BCUT2D eigenvalue weighted by molar-refractivity contribution is 6.58. The lowest BCUT2D eigenvalue weighted by Gasteiger charge is -2.23. The molecule has 0 aliphatic heterocycles. The predicted octanol–water partition coefficient (Wildman–Crippen LogP) is 1.05. The molecule has 0 aromatic heterocycles. The summed E-state index contributed by atoms with van der Waals surface area (Å²) in [5.74, 6) is 0.475. The molecule has 0 radical (unpaired) electrons. The lowest BCUT2D eigenvalue weighted by atomic mass is 9.79. The zero-order valence-electron chi connectivity index (χ0n) is 11.0. The quantitative estimate of drug-likeness (QED) is 0.763. The Labute approximate surface area is 108 Å². The maximum absolute atomic E-state index is 9.04. The van der Waals surface area contributed by atoms with Crippen LogP contribution in [0.5, 0.6) is 5.75 Å². The van der Waals surface area contributed by atoms with Crippen molar-refractivity contribution in [1.29, 1.82) is 5.26 Å². The van der Waals surface area contributed by atoms with E-state index in [0.29, 0.717) is 17.9 Å². The first kappa shape index (κ1) is 14.6. The highest BCUT2D eigenvalue weighted by Gasteiger charge is 2.18. The molecular weight excluding hydrogens is 229 g/mol. The average molecular weight is 247 g/mol. The van der Waals surface area contributed by atoms with Gasteiger partial charge in [-0.25, -0.2) is 0 Å². The van der Waals surface area contributed by atoms with E-state index in [4.69, 9.17) is 20.0 Å². The third kappa shape index (κ3) is 3.76. The number of hydrogen-bond donors (Lipinski definition) is 2. The molecule has 2 N–H and O–H groups in total. The maximum Gasteiger partial charge on any atom is 0.488 e. The van der Waals surface area contributed by atoms with Gasteiger partial charge in [-0.1, -0.05) is 26.8 Å². The summed E-state index contributed by atoms with van der Waals surface area (Å²) in [7, 11) is -1.57. The van der Waals surface area contributed by atoms with Crippen LogP contribution in [0.3, 0.4) is 0 Å². The third-order valence-corrected chi connectivity index (χ3v) is 3.00. The minimum absolute atomic E-state index is 0.0435. The van der Waals surface area contributed by atoms with Crippen molar-refractivity contribution in [2.45, 2.75) is 27.2 Å². The van der Waals surface area contributed by atoms with E-state index in [1.807, 2.05) is 6.07 Å².